The molecule has 11 aromatic rings. The molecule has 13 rings (SSSR count). The lowest BCUT2D eigenvalue weighted by molar-refractivity contribution is 0.667. The second-order valence-corrected chi connectivity index (χ2v) is 16.4. The summed E-state index contributed by atoms with van der Waals surface area (Å²) in [6.07, 6.45) is 4.72. The van der Waals surface area contributed by atoms with E-state index in [1.54, 1.807) is 0 Å². The molecule has 2 atom stereocenters. The summed E-state index contributed by atoms with van der Waals surface area (Å²) in [5, 5.41) is 4.37. The van der Waals surface area contributed by atoms with E-state index in [0.29, 0.717) is 0 Å². The van der Waals surface area contributed by atoms with Gasteiger partial charge in [0, 0.05) is 50.5 Å². The van der Waals surface area contributed by atoms with Crippen LogP contribution in [-0.2, 0) is 0 Å². The van der Waals surface area contributed by atoms with Gasteiger partial charge < -0.3 is 18.6 Å². The molecule has 0 saturated heterocycles. The molecule has 1 aliphatic heterocycles. The molecule has 62 heavy (non-hydrogen) atoms. The van der Waals surface area contributed by atoms with Crippen LogP contribution in [0.3, 0.4) is 0 Å². The zero-order valence-electron chi connectivity index (χ0n) is 33.7. The Hall–Kier alpha value is -8.08. The summed E-state index contributed by atoms with van der Waals surface area (Å²) in [5.74, 6) is 0.224. The predicted molar refractivity (Wildman–Crippen MR) is 256 cm³/mol. The van der Waals surface area contributed by atoms with Crippen molar-refractivity contribution in [3.05, 3.63) is 229 Å². The maximum atomic E-state index is 6.69. The molecule has 0 N–H and O–H groups in total. The smallest absolute Gasteiger partial charge is 0.159 e. The highest BCUT2D eigenvalue weighted by Gasteiger charge is 2.42. The van der Waals surface area contributed by atoms with Gasteiger partial charge in [-0.1, -0.05) is 158 Å². The summed E-state index contributed by atoms with van der Waals surface area (Å²) >= 11 is 0. The van der Waals surface area contributed by atoms with Gasteiger partial charge in [0.2, 0.25) is 0 Å². The number of hydrogen-bond donors (Lipinski definition) is 0. The van der Waals surface area contributed by atoms with Gasteiger partial charge in [0.15, 0.2) is 5.58 Å². The quantitative estimate of drug-likeness (QED) is 0.168. The summed E-state index contributed by atoms with van der Waals surface area (Å²) in [6, 6.07) is 74.1. The van der Waals surface area contributed by atoms with Gasteiger partial charge >= 0.3 is 0 Å². The van der Waals surface area contributed by atoms with Crippen molar-refractivity contribution in [3.63, 3.8) is 0 Å². The molecular weight excluding hydrogens is 757 g/mol. The van der Waals surface area contributed by atoms with Crippen LogP contribution in [0.15, 0.2) is 221 Å². The highest BCUT2D eigenvalue weighted by atomic mass is 16.3. The number of hydrogen-bond acceptors (Lipinski definition) is 4. The molecule has 0 fully saturated rings. The lowest BCUT2D eigenvalue weighted by atomic mass is 9.81. The lowest BCUT2D eigenvalue weighted by Gasteiger charge is -2.33. The molecule has 4 nitrogen and oxygen atoms in total. The summed E-state index contributed by atoms with van der Waals surface area (Å²) in [7, 11) is 0. The number of fused-ring (bicyclic) bond motifs is 11. The van der Waals surface area contributed by atoms with Gasteiger partial charge in [0.1, 0.15) is 16.7 Å². The zero-order chi connectivity index (χ0) is 40.7. The van der Waals surface area contributed by atoms with E-state index in [1.165, 1.54) is 44.8 Å². The topological polar surface area (TPSA) is 32.8 Å². The number of benzene rings is 9. The maximum Gasteiger partial charge on any atom is 0.159 e. The molecule has 0 saturated carbocycles. The minimum Gasteiger partial charge on any atom is -0.456 e. The molecule has 0 radical (unpaired) electrons. The number of rotatable bonds is 6. The van der Waals surface area contributed by atoms with Crippen molar-refractivity contribution in [1.29, 1.82) is 0 Å². The molecule has 0 amide bonds. The maximum absolute atomic E-state index is 6.69. The van der Waals surface area contributed by atoms with Crippen LogP contribution in [0.1, 0.15) is 22.6 Å². The predicted octanol–water partition coefficient (Wildman–Crippen LogP) is 16.0. The molecule has 0 bridgehead atoms. The molecule has 0 spiro atoms. The van der Waals surface area contributed by atoms with Crippen LogP contribution in [0.2, 0.25) is 0 Å². The normalized spacial score (nSPS) is 15.3. The fraction of sp³-hybridized carbons (Fsp3) is 0.0345. The molecule has 2 unspecified atom stereocenters. The van der Waals surface area contributed by atoms with E-state index < -0.39 is 0 Å². The van der Waals surface area contributed by atoms with Gasteiger partial charge in [-0.25, -0.2) is 0 Å². The molecule has 9 aromatic carbocycles. The van der Waals surface area contributed by atoms with E-state index in [4.69, 9.17) is 8.83 Å². The van der Waals surface area contributed by atoms with Crippen LogP contribution in [0.25, 0.3) is 72.2 Å². The Labute approximate surface area is 358 Å². The average Bonchev–Trinajstić information content (AvgIpc) is 4.02. The molecular formula is C58H38N2O2. The third-order valence-corrected chi connectivity index (χ3v) is 13.0. The van der Waals surface area contributed by atoms with Crippen LogP contribution < -0.4 is 9.80 Å². The second kappa shape index (κ2) is 13.7. The van der Waals surface area contributed by atoms with Crippen molar-refractivity contribution in [1.82, 2.24) is 0 Å². The SMILES string of the molecule is C1=CC2C(c3ccccc31)c1ccccc1N2c1cccc(-c2ccccc2)c1-c1ccc(N(c2ccc3c(c2)oc2ccccc23)c2cccc3c2oc2ccccc23)cc1. The zero-order valence-corrected chi connectivity index (χ0v) is 33.7. The van der Waals surface area contributed by atoms with Crippen molar-refractivity contribution in [2.45, 2.75) is 12.0 Å². The Morgan fingerprint density at radius 1 is 0.435 bits per heavy atom. The van der Waals surface area contributed by atoms with Gasteiger partial charge in [0.05, 0.1) is 23.1 Å². The number of para-hydroxylation sites is 4. The van der Waals surface area contributed by atoms with Crippen molar-refractivity contribution in [2.75, 3.05) is 9.80 Å². The van der Waals surface area contributed by atoms with Crippen LogP contribution in [0.4, 0.5) is 28.4 Å². The molecule has 2 aromatic heterocycles. The summed E-state index contributed by atoms with van der Waals surface area (Å²) in [6.45, 7) is 0. The van der Waals surface area contributed by atoms with Gasteiger partial charge in [-0.2, -0.15) is 0 Å². The molecule has 1 aliphatic carbocycles. The molecule has 292 valence electrons. The number of furan rings is 2. The fourth-order valence-corrected chi connectivity index (χ4v) is 10.3. The first kappa shape index (κ1) is 34.8. The Morgan fingerprint density at radius 2 is 1.08 bits per heavy atom. The average molecular weight is 795 g/mol. The number of anilines is 5. The van der Waals surface area contributed by atoms with Gasteiger partial charge in [-0.05, 0) is 88.0 Å². The lowest BCUT2D eigenvalue weighted by Crippen LogP contribution is -2.31. The Bertz CT molecular complexity index is 3560. The Morgan fingerprint density at radius 3 is 1.94 bits per heavy atom. The summed E-state index contributed by atoms with van der Waals surface area (Å²) in [5.41, 5.74) is 17.5. The van der Waals surface area contributed by atoms with Crippen molar-refractivity contribution >= 4 is 78.4 Å². The van der Waals surface area contributed by atoms with E-state index in [0.717, 1.165) is 66.5 Å². The minimum atomic E-state index is 0.124. The third-order valence-electron chi connectivity index (χ3n) is 13.0. The first-order valence-corrected chi connectivity index (χ1v) is 21.3. The van der Waals surface area contributed by atoms with E-state index in [2.05, 4.69) is 204 Å². The van der Waals surface area contributed by atoms with E-state index in [-0.39, 0.29) is 12.0 Å². The summed E-state index contributed by atoms with van der Waals surface area (Å²) in [4.78, 5) is 4.88. The van der Waals surface area contributed by atoms with E-state index in [1.807, 2.05) is 24.3 Å². The second-order valence-electron chi connectivity index (χ2n) is 16.4. The van der Waals surface area contributed by atoms with Gasteiger partial charge in [0.25, 0.3) is 0 Å². The van der Waals surface area contributed by atoms with Gasteiger partial charge in [-0.3, -0.25) is 0 Å². The highest BCUT2D eigenvalue weighted by molar-refractivity contribution is 6.11. The molecule has 4 heteroatoms. The van der Waals surface area contributed by atoms with E-state index in [9.17, 15) is 0 Å². The number of nitrogens with zero attached hydrogens (tertiary/aromatic N) is 2. The first-order chi connectivity index (χ1) is 30.8. The van der Waals surface area contributed by atoms with Crippen LogP contribution in [0.5, 0.6) is 0 Å². The third kappa shape index (κ3) is 5.26. The van der Waals surface area contributed by atoms with E-state index >= 15 is 0 Å². The Kier molecular flexibility index (Phi) is 7.70. The minimum absolute atomic E-state index is 0.124. The highest BCUT2D eigenvalue weighted by Crippen LogP contribution is 2.54. The van der Waals surface area contributed by atoms with Crippen molar-refractivity contribution in [2.24, 2.45) is 0 Å². The Balaban J connectivity index is 1.00. The van der Waals surface area contributed by atoms with Crippen molar-refractivity contribution in [3.8, 4) is 22.3 Å². The van der Waals surface area contributed by atoms with Gasteiger partial charge in [-0.15, -0.1) is 0 Å². The first-order valence-electron chi connectivity index (χ1n) is 21.3. The summed E-state index contributed by atoms with van der Waals surface area (Å²) < 4.78 is 13.2. The molecule has 3 heterocycles. The largest absolute Gasteiger partial charge is 0.456 e. The fourth-order valence-electron chi connectivity index (χ4n) is 10.3. The standard InChI is InChI=1S/C58H38N2O2/c1-2-14-37(15-3-1)42-21-12-24-50(60-49-23-9-6-20-48(49)57-43-17-5-4-16-38(43)30-35-51(57)60)56(42)39-28-31-40(32-29-39)59(41-33-34-46-44-18-7-10-26-53(44)61-55(46)36-41)52-25-13-22-47-45-19-8-11-27-54(45)62-58(47)52/h1-36,51,57H. The van der Waals surface area contributed by atoms with Crippen LogP contribution >= 0.6 is 0 Å². The van der Waals surface area contributed by atoms with Crippen molar-refractivity contribution < 1.29 is 8.83 Å². The molecule has 2 aliphatic rings. The van der Waals surface area contributed by atoms with Crippen LogP contribution in [0, 0.1) is 0 Å². The van der Waals surface area contributed by atoms with Crippen LogP contribution in [-0.4, -0.2) is 6.04 Å². The monoisotopic (exact) mass is 794 g/mol.